The molecule has 0 spiro atoms. The van der Waals surface area contributed by atoms with E-state index in [0.29, 0.717) is 12.1 Å². The van der Waals surface area contributed by atoms with Gasteiger partial charge in [-0.15, -0.1) is 12.1 Å². The van der Waals surface area contributed by atoms with Crippen LogP contribution < -0.4 is 0 Å². The van der Waals surface area contributed by atoms with Crippen LogP contribution in [-0.4, -0.2) is 22.9 Å². The van der Waals surface area contributed by atoms with Gasteiger partial charge in [0.25, 0.3) is 0 Å². The number of nitrogens with zero attached hydrogens (tertiary/aromatic N) is 2. The van der Waals surface area contributed by atoms with Crippen molar-refractivity contribution in [2.75, 3.05) is 13.1 Å². The molecule has 6 aromatic rings. The number of nitrogens with one attached hydrogen (secondary N) is 2. The molecule has 0 aliphatic carbocycles. The summed E-state index contributed by atoms with van der Waals surface area (Å²) in [7, 11) is 0. The maximum absolute atomic E-state index is 8.05. The Kier molecular flexibility index (Phi) is 13.0. The van der Waals surface area contributed by atoms with Crippen molar-refractivity contribution < 1.29 is 19.5 Å². The van der Waals surface area contributed by atoms with E-state index in [-0.39, 0.29) is 26.9 Å². The average molecular weight is 706 g/mol. The fourth-order valence-electron chi connectivity index (χ4n) is 6.34. The zero-order valence-electron chi connectivity index (χ0n) is 27.4. The number of benzene rings is 6. The molecule has 2 N–H and O–H groups in total. The first-order valence-electron chi connectivity index (χ1n) is 15.8. The molecule has 0 aromatic heterocycles. The molecule has 4 nitrogen and oxygen atoms in total. The topological polar surface area (TPSA) is 54.1 Å². The molecule has 6 aromatic carbocycles. The van der Waals surface area contributed by atoms with Gasteiger partial charge in [-0.2, -0.15) is 35.9 Å². The van der Waals surface area contributed by atoms with Crippen LogP contribution in [0.5, 0.6) is 0 Å². The maximum atomic E-state index is 8.05. The molecule has 1 heterocycles. The van der Waals surface area contributed by atoms with Crippen molar-refractivity contribution in [3.05, 3.63) is 193 Å². The molecule has 1 fully saturated rings. The van der Waals surface area contributed by atoms with E-state index in [0.717, 1.165) is 24.2 Å². The van der Waals surface area contributed by atoms with E-state index in [9.17, 15) is 0 Å². The zero-order chi connectivity index (χ0) is 31.2. The summed E-state index contributed by atoms with van der Waals surface area (Å²) in [5.41, 5.74) is 20.5. The van der Waals surface area contributed by atoms with Gasteiger partial charge in [0.05, 0.1) is 0 Å². The summed E-state index contributed by atoms with van der Waals surface area (Å²) in [4.78, 5) is 4.98. The van der Waals surface area contributed by atoms with Gasteiger partial charge in [-0.3, -0.25) is 0 Å². The third kappa shape index (κ3) is 8.24. The minimum absolute atomic E-state index is 0. The van der Waals surface area contributed by atoms with E-state index in [2.05, 4.69) is 121 Å². The first-order chi connectivity index (χ1) is 22.0. The molecule has 245 valence electrons. The molecule has 5 heteroatoms. The molecule has 47 heavy (non-hydrogen) atoms. The molecule has 0 saturated carbocycles. The summed E-state index contributed by atoms with van der Waals surface area (Å²) in [5, 5.41) is 5.35. The Morgan fingerprint density at radius 2 is 1.04 bits per heavy atom. The van der Waals surface area contributed by atoms with Crippen LogP contribution in [0.2, 0.25) is 0 Å². The number of hydrogen-bond acceptors (Lipinski definition) is 2. The average Bonchev–Trinajstić information content (AvgIpc) is 3.61. The van der Waals surface area contributed by atoms with Gasteiger partial charge in [0, 0.05) is 12.1 Å². The van der Waals surface area contributed by atoms with E-state index in [1.165, 1.54) is 32.7 Å². The number of fused-ring (bicyclic) bond motifs is 2. The van der Waals surface area contributed by atoms with Crippen molar-refractivity contribution in [2.24, 2.45) is 0 Å². The first-order valence-corrected chi connectivity index (χ1v) is 15.8. The van der Waals surface area contributed by atoms with E-state index in [1.54, 1.807) is 6.07 Å². The van der Waals surface area contributed by atoms with Crippen LogP contribution in [0.15, 0.2) is 140 Å². The van der Waals surface area contributed by atoms with Crippen molar-refractivity contribution in [3.63, 3.8) is 0 Å². The second-order valence-electron chi connectivity index (χ2n) is 11.8. The van der Waals surface area contributed by atoms with Gasteiger partial charge >= 0.3 is 19.5 Å². The summed E-state index contributed by atoms with van der Waals surface area (Å²) in [6.45, 7) is 9.10. The van der Waals surface area contributed by atoms with Gasteiger partial charge in [0.2, 0.25) is 0 Å². The van der Waals surface area contributed by atoms with Crippen LogP contribution >= 0.6 is 0 Å². The predicted molar refractivity (Wildman–Crippen MR) is 196 cm³/mol. The molecular formula is C42H44N4Ru-5. The molecule has 0 unspecified atom stereocenters. The summed E-state index contributed by atoms with van der Waals surface area (Å²) >= 11 is 0. The van der Waals surface area contributed by atoms with E-state index in [1.807, 2.05) is 48.5 Å². The summed E-state index contributed by atoms with van der Waals surface area (Å²) in [5.74, 6) is 0. The minimum atomic E-state index is -0.580. The SMILES string of the molecule is C[C@H](c1cccc2ccccc12)N1[CH-]N([C@H](C)c2cccc3ccccc23)CC1.[CH3-].[NH-][C@H](c1[c-]cccc1)[C@H]([NH-])c1ccccc1.[RuH]. The Morgan fingerprint density at radius 3 is 1.55 bits per heavy atom. The molecule has 7 rings (SSSR count). The Labute approximate surface area is 294 Å². The van der Waals surface area contributed by atoms with Crippen molar-refractivity contribution >= 4 is 21.5 Å². The van der Waals surface area contributed by atoms with Gasteiger partial charge in [-0.1, -0.05) is 121 Å². The first kappa shape index (κ1) is 36.1. The molecule has 0 amide bonds. The van der Waals surface area contributed by atoms with Crippen molar-refractivity contribution in [1.29, 1.82) is 0 Å². The zero-order valence-corrected chi connectivity index (χ0v) is 29.2. The molecule has 1 saturated heterocycles. The third-order valence-electron chi connectivity index (χ3n) is 9.02. The van der Waals surface area contributed by atoms with Crippen molar-refractivity contribution in [2.45, 2.75) is 38.0 Å². The van der Waals surface area contributed by atoms with Crippen LogP contribution in [0.1, 0.15) is 60.3 Å². The Bertz CT molecular complexity index is 1680. The van der Waals surface area contributed by atoms with Crippen LogP contribution in [0.3, 0.4) is 0 Å². The molecule has 4 atom stereocenters. The van der Waals surface area contributed by atoms with Gasteiger partial charge in [-0.25, -0.2) is 6.67 Å². The monoisotopic (exact) mass is 706 g/mol. The second-order valence-corrected chi connectivity index (χ2v) is 11.8. The molecule has 1 aliphatic rings. The normalized spacial score (nSPS) is 15.8. The number of hydrogen-bond donors (Lipinski definition) is 0. The predicted octanol–water partition coefficient (Wildman–Crippen LogP) is 11.1. The number of rotatable bonds is 7. The Balaban J connectivity index is 0.000000238. The fourth-order valence-corrected chi connectivity index (χ4v) is 6.34. The van der Waals surface area contributed by atoms with Crippen LogP contribution in [0.25, 0.3) is 33.0 Å². The van der Waals surface area contributed by atoms with Gasteiger partial charge in [-0.05, 0) is 59.6 Å². The second kappa shape index (κ2) is 16.9. The van der Waals surface area contributed by atoms with E-state index < -0.39 is 12.1 Å². The van der Waals surface area contributed by atoms with Crippen LogP contribution in [0.4, 0.5) is 0 Å². The Hall–Kier alpha value is -3.70. The Morgan fingerprint density at radius 1 is 0.574 bits per heavy atom. The van der Waals surface area contributed by atoms with Gasteiger partial charge in [0.15, 0.2) is 0 Å². The van der Waals surface area contributed by atoms with Gasteiger partial charge in [0.1, 0.15) is 0 Å². The van der Waals surface area contributed by atoms with Crippen LogP contribution in [-0.2, 0) is 19.5 Å². The van der Waals surface area contributed by atoms with Crippen LogP contribution in [0, 0.1) is 20.2 Å². The molecular weight excluding hydrogens is 662 g/mol. The third-order valence-corrected chi connectivity index (χ3v) is 9.02. The standard InChI is InChI=1S/C27H27N2.C14H13N2.CH3.Ru.H/c1-20(24-15-7-11-22-9-3-5-13-26(22)24)28-17-18-29(19-28)21(2)25-16-8-12-23-10-4-6-14-27(23)25;15-13(11-7-3-1-4-8-11)14(16)12-9-5-2-6-10-12;;;/h3-16,19-21H,17-18H2,1-2H3;1-9,13-16H;1H3;;/q-1;-3;-1;;/t20-,21-;13-,14-;;;/m11.../s1. The fraction of sp³-hybridized carbons (Fsp3) is 0.190. The van der Waals surface area contributed by atoms with E-state index >= 15 is 0 Å². The van der Waals surface area contributed by atoms with Gasteiger partial charge < -0.3 is 28.7 Å². The molecule has 1 aliphatic heterocycles. The molecule has 0 radical (unpaired) electrons. The summed E-state index contributed by atoms with van der Waals surface area (Å²) in [6, 6.07) is 50.2. The quantitative estimate of drug-likeness (QED) is 0.123. The summed E-state index contributed by atoms with van der Waals surface area (Å²) < 4.78 is 0. The molecule has 0 bridgehead atoms. The van der Waals surface area contributed by atoms with Crippen molar-refractivity contribution in [1.82, 2.24) is 9.80 Å². The summed E-state index contributed by atoms with van der Waals surface area (Å²) in [6.07, 6.45) is 0. The van der Waals surface area contributed by atoms with E-state index in [4.69, 9.17) is 11.5 Å². The van der Waals surface area contributed by atoms with Crippen molar-refractivity contribution in [3.8, 4) is 0 Å².